The number of rotatable bonds is 12. The number of nitrogens with zero attached hydrogens (tertiary/aromatic N) is 1. The Kier molecular flexibility index (Phi) is 11.9. The smallest absolute Gasteiger partial charge is 0.242 e. The summed E-state index contributed by atoms with van der Waals surface area (Å²) >= 11 is 0. The van der Waals surface area contributed by atoms with Crippen LogP contribution in [0.15, 0.2) is 0 Å². The third-order valence-electron chi connectivity index (χ3n) is 6.02. The molecule has 0 saturated heterocycles. The van der Waals surface area contributed by atoms with E-state index in [9.17, 15) is 9.59 Å². The van der Waals surface area contributed by atoms with Crippen LogP contribution in [-0.2, 0) is 9.59 Å². The van der Waals surface area contributed by atoms with Crippen molar-refractivity contribution in [3.63, 3.8) is 0 Å². The van der Waals surface area contributed by atoms with Crippen molar-refractivity contribution in [1.82, 2.24) is 15.5 Å². The minimum Gasteiger partial charge on any atom is -0.353 e. The third kappa shape index (κ3) is 9.97. The lowest BCUT2D eigenvalue weighted by molar-refractivity contribution is -0.132. The highest BCUT2D eigenvalue weighted by Crippen LogP contribution is 2.30. The standard InChI is InChI=1S/C24H47N3O2/c1-8-20-9-11-21(12-10-20)23(28)26-22(19(6)7)24(29)25-13-14-27(15-17(2)3)16-18(4)5/h17-22H,8-16H2,1-7H3,(H,25,29)(H,26,28)/t20?,21?,22-/m0/s1. The van der Waals surface area contributed by atoms with Gasteiger partial charge in [0.25, 0.3) is 0 Å². The molecule has 1 rings (SSSR count). The fraction of sp³-hybridized carbons (Fsp3) is 0.917. The average Bonchev–Trinajstić information content (AvgIpc) is 2.64. The Labute approximate surface area is 179 Å². The lowest BCUT2D eigenvalue weighted by Gasteiger charge is -2.30. The topological polar surface area (TPSA) is 61.4 Å². The molecule has 0 unspecified atom stereocenters. The second-order valence-electron chi connectivity index (χ2n) is 10.2. The van der Waals surface area contributed by atoms with Crippen molar-refractivity contribution in [2.24, 2.45) is 29.6 Å². The molecule has 1 aliphatic rings. The zero-order chi connectivity index (χ0) is 22.0. The van der Waals surface area contributed by atoms with Crippen LogP contribution in [0.2, 0.25) is 0 Å². The minimum absolute atomic E-state index is 0.0513. The van der Waals surface area contributed by atoms with E-state index in [4.69, 9.17) is 0 Å². The van der Waals surface area contributed by atoms with Crippen LogP contribution < -0.4 is 10.6 Å². The number of carbonyl (C=O) groups excluding carboxylic acids is 2. The highest BCUT2D eigenvalue weighted by Gasteiger charge is 2.30. The van der Waals surface area contributed by atoms with E-state index in [1.54, 1.807) is 0 Å². The van der Waals surface area contributed by atoms with Gasteiger partial charge < -0.3 is 15.5 Å². The molecule has 0 bridgehead atoms. The van der Waals surface area contributed by atoms with E-state index in [0.717, 1.165) is 51.2 Å². The quantitative estimate of drug-likeness (QED) is 0.511. The van der Waals surface area contributed by atoms with Gasteiger partial charge in [0.2, 0.25) is 11.8 Å². The highest BCUT2D eigenvalue weighted by atomic mass is 16.2. The second-order valence-corrected chi connectivity index (χ2v) is 10.2. The van der Waals surface area contributed by atoms with Gasteiger partial charge in [0.15, 0.2) is 0 Å². The summed E-state index contributed by atoms with van der Waals surface area (Å²) < 4.78 is 0. The van der Waals surface area contributed by atoms with Crippen LogP contribution >= 0.6 is 0 Å². The Morgan fingerprint density at radius 1 is 0.931 bits per heavy atom. The zero-order valence-electron chi connectivity index (χ0n) is 20.1. The van der Waals surface area contributed by atoms with Crippen LogP contribution in [0.4, 0.5) is 0 Å². The second kappa shape index (κ2) is 13.3. The number of carbonyl (C=O) groups is 2. The van der Waals surface area contributed by atoms with Gasteiger partial charge in [0, 0.05) is 32.1 Å². The van der Waals surface area contributed by atoms with E-state index in [0.29, 0.717) is 18.4 Å². The lowest BCUT2D eigenvalue weighted by atomic mass is 9.80. The molecular weight excluding hydrogens is 362 g/mol. The first-order chi connectivity index (χ1) is 13.6. The summed E-state index contributed by atoms with van der Waals surface area (Å²) in [5.74, 6) is 2.14. The van der Waals surface area contributed by atoms with Gasteiger partial charge in [-0.1, -0.05) is 54.9 Å². The molecule has 2 amide bonds. The van der Waals surface area contributed by atoms with E-state index < -0.39 is 6.04 Å². The molecule has 1 atom stereocenters. The van der Waals surface area contributed by atoms with Crippen molar-refractivity contribution >= 4 is 11.8 Å². The number of hydrogen-bond donors (Lipinski definition) is 2. The summed E-state index contributed by atoms with van der Waals surface area (Å²) in [5.41, 5.74) is 0. The molecule has 1 fully saturated rings. The van der Waals surface area contributed by atoms with Crippen molar-refractivity contribution in [3.8, 4) is 0 Å². The lowest BCUT2D eigenvalue weighted by Crippen LogP contribution is -2.52. The summed E-state index contributed by atoms with van der Waals surface area (Å²) in [4.78, 5) is 27.9. The number of nitrogens with one attached hydrogen (secondary N) is 2. The molecule has 0 spiro atoms. The van der Waals surface area contributed by atoms with Crippen LogP contribution in [0.3, 0.4) is 0 Å². The van der Waals surface area contributed by atoms with Gasteiger partial charge in [0.1, 0.15) is 6.04 Å². The molecule has 1 aliphatic carbocycles. The summed E-state index contributed by atoms with van der Waals surface area (Å²) in [7, 11) is 0. The predicted octanol–water partition coefficient (Wildman–Crippen LogP) is 4.07. The van der Waals surface area contributed by atoms with Crippen molar-refractivity contribution in [1.29, 1.82) is 0 Å². The molecule has 0 aliphatic heterocycles. The van der Waals surface area contributed by atoms with Crippen LogP contribution in [0.1, 0.15) is 80.6 Å². The fourth-order valence-electron chi connectivity index (χ4n) is 4.38. The first-order valence-corrected chi connectivity index (χ1v) is 11.9. The normalized spacial score (nSPS) is 21.1. The maximum Gasteiger partial charge on any atom is 0.242 e. The fourth-order valence-corrected chi connectivity index (χ4v) is 4.38. The Balaban J connectivity index is 2.51. The Morgan fingerprint density at radius 3 is 1.93 bits per heavy atom. The molecule has 5 nitrogen and oxygen atoms in total. The minimum atomic E-state index is -0.449. The molecule has 0 aromatic heterocycles. The molecule has 2 N–H and O–H groups in total. The molecule has 5 heteroatoms. The molecule has 1 saturated carbocycles. The van der Waals surface area contributed by atoms with Crippen molar-refractivity contribution in [2.75, 3.05) is 26.2 Å². The van der Waals surface area contributed by atoms with Crippen molar-refractivity contribution in [2.45, 2.75) is 86.6 Å². The number of hydrogen-bond acceptors (Lipinski definition) is 3. The summed E-state index contributed by atoms with van der Waals surface area (Å²) in [6, 6.07) is -0.449. The van der Waals surface area contributed by atoms with Gasteiger partial charge in [-0.25, -0.2) is 0 Å². The maximum absolute atomic E-state index is 12.8. The van der Waals surface area contributed by atoms with E-state index in [1.165, 1.54) is 6.42 Å². The predicted molar refractivity (Wildman–Crippen MR) is 122 cm³/mol. The van der Waals surface area contributed by atoms with Gasteiger partial charge in [-0.3, -0.25) is 9.59 Å². The zero-order valence-corrected chi connectivity index (χ0v) is 20.1. The first kappa shape index (κ1) is 25.9. The van der Waals surface area contributed by atoms with Gasteiger partial charge in [-0.2, -0.15) is 0 Å². The third-order valence-corrected chi connectivity index (χ3v) is 6.02. The van der Waals surface area contributed by atoms with Gasteiger partial charge in [-0.05, 0) is 49.4 Å². The van der Waals surface area contributed by atoms with Crippen LogP contribution in [0.25, 0.3) is 0 Å². The molecule has 0 radical (unpaired) electrons. The van der Waals surface area contributed by atoms with Gasteiger partial charge in [0.05, 0.1) is 0 Å². The maximum atomic E-state index is 12.8. The van der Waals surface area contributed by atoms with Gasteiger partial charge >= 0.3 is 0 Å². The largest absolute Gasteiger partial charge is 0.353 e. The van der Waals surface area contributed by atoms with Gasteiger partial charge in [-0.15, -0.1) is 0 Å². The van der Waals surface area contributed by atoms with Crippen LogP contribution in [-0.4, -0.2) is 48.9 Å². The molecule has 29 heavy (non-hydrogen) atoms. The Morgan fingerprint density at radius 2 is 1.48 bits per heavy atom. The highest BCUT2D eigenvalue weighted by molar-refractivity contribution is 5.88. The Bertz CT molecular complexity index is 473. The molecule has 0 aromatic rings. The number of amides is 2. The van der Waals surface area contributed by atoms with Crippen LogP contribution in [0, 0.1) is 29.6 Å². The van der Waals surface area contributed by atoms with Crippen molar-refractivity contribution < 1.29 is 9.59 Å². The van der Waals surface area contributed by atoms with Crippen LogP contribution in [0.5, 0.6) is 0 Å². The molecule has 0 heterocycles. The molecule has 170 valence electrons. The summed E-state index contributed by atoms with van der Waals surface area (Å²) in [6.45, 7) is 18.7. The monoisotopic (exact) mass is 409 g/mol. The average molecular weight is 410 g/mol. The van der Waals surface area contributed by atoms with Crippen molar-refractivity contribution in [3.05, 3.63) is 0 Å². The van der Waals surface area contributed by atoms with E-state index in [-0.39, 0.29) is 23.7 Å². The molecular formula is C24H47N3O2. The summed E-state index contributed by atoms with van der Waals surface area (Å²) in [5, 5.41) is 6.13. The van der Waals surface area contributed by atoms with E-state index in [1.807, 2.05) is 13.8 Å². The SMILES string of the molecule is CCC1CCC(C(=O)N[C@H](C(=O)NCCN(CC(C)C)CC(C)C)C(C)C)CC1. The Hall–Kier alpha value is -1.10. The molecule has 0 aromatic carbocycles. The van der Waals surface area contributed by atoms with E-state index >= 15 is 0 Å². The first-order valence-electron chi connectivity index (χ1n) is 11.9. The summed E-state index contributed by atoms with van der Waals surface area (Å²) in [6.07, 6.45) is 5.38. The van der Waals surface area contributed by atoms with E-state index in [2.05, 4.69) is 50.2 Å².